The molecule has 5 N–H and O–H groups in total. The lowest BCUT2D eigenvalue weighted by molar-refractivity contribution is -0.121. The second-order valence-electron chi connectivity index (χ2n) is 7.15. The highest BCUT2D eigenvalue weighted by atomic mass is 19.4. The van der Waals surface area contributed by atoms with Crippen molar-refractivity contribution in [3.05, 3.63) is 29.3 Å². The van der Waals surface area contributed by atoms with Crippen LogP contribution in [-0.4, -0.2) is 24.7 Å². The van der Waals surface area contributed by atoms with E-state index in [0.29, 0.717) is 5.69 Å². The molecule has 25 heavy (non-hydrogen) atoms. The van der Waals surface area contributed by atoms with Gasteiger partial charge in [-0.1, -0.05) is 20.8 Å². The van der Waals surface area contributed by atoms with Gasteiger partial charge < -0.3 is 10.6 Å². The van der Waals surface area contributed by atoms with E-state index < -0.39 is 18.8 Å². The molecule has 0 bridgehead atoms. The van der Waals surface area contributed by atoms with Crippen molar-refractivity contribution in [1.82, 2.24) is 5.43 Å². The Kier molecular flexibility index (Phi) is 5.04. The van der Waals surface area contributed by atoms with E-state index in [1.165, 1.54) is 0 Å². The van der Waals surface area contributed by atoms with Crippen LogP contribution < -0.4 is 21.9 Å². The van der Waals surface area contributed by atoms with Crippen LogP contribution in [0.15, 0.2) is 18.2 Å². The summed E-state index contributed by atoms with van der Waals surface area (Å²) in [6.45, 7) is 6.59. The summed E-state index contributed by atoms with van der Waals surface area (Å²) in [7, 11) is 0. The lowest BCUT2D eigenvalue weighted by atomic mass is 9.81. The second-order valence-corrected chi connectivity index (χ2v) is 7.15. The minimum absolute atomic E-state index is 0.339. The third kappa shape index (κ3) is 4.45. The number of rotatable bonds is 3. The van der Waals surface area contributed by atoms with E-state index in [1.807, 2.05) is 27.7 Å². The highest BCUT2D eigenvalue weighted by Gasteiger charge is 2.30. The third-order valence-corrected chi connectivity index (χ3v) is 4.01. The van der Waals surface area contributed by atoms with Crippen molar-refractivity contribution in [2.45, 2.75) is 45.3 Å². The number of alkyl halides is 3. The molecule has 1 amide bonds. The summed E-state index contributed by atoms with van der Waals surface area (Å²) in [4.78, 5) is 11.9. The Morgan fingerprint density at radius 1 is 1.28 bits per heavy atom. The molecule has 138 valence electrons. The number of carbonyl (C=O) groups is 1. The molecule has 1 unspecified atom stereocenters. The van der Waals surface area contributed by atoms with Crippen LogP contribution in [0.25, 0.3) is 5.57 Å². The molecule has 0 radical (unpaired) electrons. The molecule has 0 saturated carbocycles. The molecule has 0 aliphatic carbocycles. The Bertz CT molecular complexity index is 705. The van der Waals surface area contributed by atoms with Crippen LogP contribution in [0.1, 0.15) is 38.8 Å². The fraction of sp³-hybridized carbons (Fsp3) is 0.471. The number of nitrogens with two attached hydrogens (primary N) is 1. The van der Waals surface area contributed by atoms with Gasteiger partial charge in [-0.3, -0.25) is 10.2 Å². The van der Waals surface area contributed by atoms with Gasteiger partial charge in [-0.2, -0.15) is 13.2 Å². The van der Waals surface area contributed by atoms with Crippen molar-refractivity contribution in [2.75, 3.05) is 17.2 Å². The summed E-state index contributed by atoms with van der Waals surface area (Å²) in [6.07, 6.45) is -2.60. The number of allylic oxidation sites excluding steroid dienone is 1. The van der Waals surface area contributed by atoms with Crippen LogP contribution >= 0.6 is 0 Å². The zero-order valence-corrected chi connectivity index (χ0v) is 14.6. The molecule has 0 aromatic heterocycles. The number of amides is 1. The molecule has 1 aliphatic rings. The van der Waals surface area contributed by atoms with Gasteiger partial charge in [0, 0.05) is 16.9 Å². The number of hydrogen-bond acceptors (Lipinski definition) is 4. The average molecular weight is 356 g/mol. The van der Waals surface area contributed by atoms with Gasteiger partial charge in [0.25, 0.3) is 5.91 Å². The monoisotopic (exact) mass is 356 g/mol. The van der Waals surface area contributed by atoms with Gasteiger partial charge in [0.2, 0.25) is 0 Å². The van der Waals surface area contributed by atoms with E-state index >= 15 is 0 Å². The minimum atomic E-state index is -4.30. The molecule has 1 aromatic rings. The summed E-state index contributed by atoms with van der Waals surface area (Å²) >= 11 is 0. The fourth-order valence-corrected chi connectivity index (χ4v) is 2.77. The molecular weight excluding hydrogens is 333 g/mol. The smallest absolute Gasteiger partial charge is 0.376 e. The predicted molar refractivity (Wildman–Crippen MR) is 93.1 cm³/mol. The summed E-state index contributed by atoms with van der Waals surface area (Å²) < 4.78 is 37.6. The zero-order chi connectivity index (χ0) is 19.0. The first kappa shape index (κ1) is 19.1. The average Bonchev–Trinajstić information content (AvgIpc) is 2.50. The van der Waals surface area contributed by atoms with Gasteiger partial charge >= 0.3 is 6.18 Å². The van der Waals surface area contributed by atoms with Gasteiger partial charge in [0.15, 0.2) is 0 Å². The molecule has 1 aromatic carbocycles. The predicted octanol–water partition coefficient (Wildman–Crippen LogP) is 3.15. The van der Waals surface area contributed by atoms with Gasteiger partial charge in [-0.25, -0.2) is 5.84 Å². The maximum atomic E-state index is 12.5. The van der Waals surface area contributed by atoms with Crippen LogP contribution in [0.5, 0.6) is 0 Å². The maximum absolute atomic E-state index is 12.5. The first-order valence-corrected chi connectivity index (χ1v) is 7.87. The van der Waals surface area contributed by atoms with E-state index in [2.05, 4.69) is 16.1 Å². The molecule has 1 heterocycles. The normalized spacial score (nSPS) is 17.3. The maximum Gasteiger partial charge on any atom is 0.405 e. The number of anilines is 2. The zero-order valence-electron chi connectivity index (χ0n) is 14.6. The number of carbonyl (C=O) groups excluding carboxylic acids is 1. The molecule has 5 nitrogen and oxygen atoms in total. The van der Waals surface area contributed by atoms with Crippen molar-refractivity contribution >= 4 is 22.9 Å². The molecule has 2 rings (SSSR count). The lowest BCUT2D eigenvalue weighted by Gasteiger charge is -2.32. The van der Waals surface area contributed by atoms with Gasteiger partial charge in [0.05, 0.1) is 0 Å². The second kappa shape index (κ2) is 6.59. The van der Waals surface area contributed by atoms with Crippen LogP contribution in [0.3, 0.4) is 0 Å². The highest BCUT2D eigenvalue weighted by Crippen LogP contribution is 2.40. The van der Waals surface area contributed by atoms with E-state index in [9.17, 15) is 18.0 Å². The van der Waals surface area contributed by atoms with Crippen LogP contribution in [0, 0.1) is 0 Å². The number of hydrazine groups is 1. The van der Waals surface area contributed by atoms with E-state index in [1.54, 1.807) is 18.2 Å². The summed E-state index contributed by atoms with van der Waals surface area (Å²) in [5, 5.41) is 5.57. The highest BCUT2D eigenvalue weighted by molar-refractivity contribution is 5.94. The van der Waals surface area contributed by atoms with Crippen molar-refractivity contribution in [3.8, 4) is 0 Å². The number of nitrogens with one attached hydrogen (secondary N) is 3. The van der Waals surface area contributed by atoms with Gasteiger partial charge in [-0.05, 0) is 41.7 Å². The summed E-state index contributed by atoms with van der Waals surface area (Å²) in [5.74, 6) is 4.83. The Balaban J connectivity index is 2.50. The summed E-state index contributed by atoms with van der Waals surface area (Å²) in [5.41, 5.74) is 5.27. The molecule has 1 atom stereocenters. The first-order chi connectivity index (χ1) is 11.4. The summed E-state index contributed by atoms with van der Waals surface area (Å²) in [6, 6.07) is 2.71. The Morgan fingerprint density at radius 3 is 2.44 bits per heavy atom. The molecule has 0 fully saturated rings. The molecule has 1 aliphatic heterocycles. The SMILES string of the molecule is CC1=CC(C(=O)NN)Nc2c1cc(NCC(F)(F)F)cc2C(C)(C)C. The van der Waals surface area contributed by atoms with Crippen LogP contribution in [0.4, 0.5) is 24.5 Å². The quantitative estimate of drug-likeness (QED) is 0.381. The lowest BCUT2D eigenvalue weighted by Crippen LogP contribution is -2.43. The van der Waals surface area contributed by atoms with Crippen molar-refractivity contribution in [1.29, 1.82) is 0 Å². The minimum Gasteiger partial charge on any atom is -0.376 e. The van der Waals surface area contributed by atoms with E-state index in [0.717, 1.165) is 22.4 Å². The Morgan fingerprint density at radius 2 is 1.92 bits per heavy atom. The van der Waals surface area contributed by atoms with Gasteiger partial charge in [-0.15, -0.1) is 0 Å². The third-order valence-electron chi connectivity index (χ3n) is 4.01. The molecule has 8 heteroatoms. The number of fused-ring (bicyclic) bond motifs is 1. The Labute approximate surface area is 144 Å². The number of hydrogen-bond donors (Lipinski definition) is 4. The van der Waals surface area contributed by atoms with Crippen LogP contribution in [-0.2, 0) is 10.2 Å². The standard InChI is InChI=1S/C17H23F3N4O/c1-9-5-13(15(25)24-21)23-14-11(9)6-10(22-8-17(18,19)20)7-12(14)16(2,3)4/h5-7,13,22-23H,8,21H2,1-4H3,(H,24,25). The largest absolute Gasteiger partial charge is 0.405 e. The van der Waals surface area contributed by atoms with Crippen molar-refractivity contribution < 1.29 is 18.0 Å². The molecular formula is C17H23F3N4O. The molecule has 0 saturated heterocycles. The van der Waals surface area contributed by atoms with Gasteiger partial charge in [0.1, 0.15) is 12.6 Å². The number of benzene rings is 1. The van der Waals surface area contributed by atoms with Crippen LogP contribution in [0.2, 0.25) is 0 Å². The van der Waals surface area contributed by atoms with Crippen molar-refractivity contribution in [3.63, 3.8) is 0 Å². The molecule has 0 spiro atoms. The first-order valence-electron chi connectivity index (χ1n) is 7.87. The fourth-order valence-electron chi connectivity index (χ4n) is 2.77. The van der Waals surface area contributed by atoms with E-state index in [-0.39, 0.29) is 11.3 Å². The topological polar surface area (TPSA) is 79.2 Å². The number of halogens is 3. The Hall–Kier alpha value is -2.22. The van der Waals surface area contributed by atoms with E-state index in [4.69, 9.17) is 5.84 Å². The van der Waals surface area contributed by atoms with Crippen molar-refractivity contribution in [2.24, 2.45) is 5.84 Å².